The van der Waals surface area contributed by atoms with Crippen LogP contribution in [0.3, 0.4) is 0 Å². The summed E-state index contributed by atoms with van der Waals surface area (Å²) in [7, 11) is 0. The predicted molar refractivity (Wildman–Crippen MR) is 80.5 cm³/mol. The van der Waals surface area contributed by atoms with Gasteiger partial charge in [0.25, 0.3) is 0 Å². The molecule has 0 saturated carbocycles. The molecule has 1 N–H and O–H groups in total. The zero-order valence-electron chi connectivity index (χ0n) is 11.9. The van der Waals surface area contributed by atoms with Crippen molar-refractivity contribution in [1.82, 2.24) is 4.90 Å². The molecule has 106 valence electrons. The first kappa shape index (κ1) is 14.8. The molecule has 1 aliphatic rings. The van der Waals surface area contributed by atoms with Gasteiger partial charge in [-0.2, -0.15) is 0 Å². The van der Waals surface area contributed by atoms with Crippen LogP contribution >= 0.6 is 11.6 Å². The fourth-order valence-electron chi connectivity index (χ4n) is 2.89. The number of hydrogen-bond donors (Lipinski definition) is 1. The lowest BCUT2D eigenvalue weighted by atomic mass is 9.84. The minimum Gasteiger partial charge on any atom is -0.388 e. The first-order valence-electron chi connectivity index (χ1n) is 7.12. The van der Waals surface area contributed by atoms with Crippen molar-refractivity contribution in [3.63, 3.8) is 0 Å². The fourth-order valence-corrected chi connectivity index (χ4v) is 3.02. The molecule has 1 unspecified atom stereocenters. The first-order chi connectivity index (χ1) is 8.96. The molecule has 1 atom stereocenters. The van der Waals surface area contributed by atoms with Crippen LogP contribution in [0.25, 0.3) is 0 Å². The van der Waals surface area contributed by atoms with Gasteiger partial charge in [0.05, 0.1) is 6.10 Å². The van der Waals surface area contributed by atoms with Gasteiger partial charge in [-0.1, -0.05) is 37.6 Å². The zero-order valence-corrected chi connectivity index (χ0v) is 12.7. The van der Waals surface area contributed by atoms with Crippen LogP contribution in [0.2, 0.25) is 5.02 Å². The van der Waals surface area contributed by atoms with Crippen molar-refractivity contribution in [3.05, 3.63) is 34.9 Å². The minimum absolute atomic E-state index is 0.387. The van der Waals surface area contributed by atoms with E-state index >= 15 is 0 Å². The SMILES string of the molecule is CC1(C)CCCN(CCC(O)c2ccc(Cl)cc2)C1. The maximum Gasteiger partial charge on any atom is 0.0802 e. The number of nitrogens with zero attached hydrogens (tertiary/aromatic N) is 1. The van der Waals surface area contributed by atoms with Crippen LogP contribution in [0.5, 0.6) is 0 Å². The highest BCUT2D eigenvalue weighted by atomic mass is 35.5. The molecule has 1 fully saturated rings. The highest BCUT2D eigenvalue weighted by Crippen LogP contribution is 2.29. The summed E-state index contributed by atoms with van der Waals surface area (Å²) in [6.07, 6.45) is 2.98. The second-order valence-electron chi connectivity index (χ2n) is 6.40. The molecule has 2 nitrogen and oxygen atoms in total. The number of halogens is 1. The van der Waals surface area contributed by atoms with E-state index in [1.807, 2.05) is 24.3 Å². The van der Waals surface area contributed by atoms with Crippen LogP contribution in [-0.2, 0) is 0 Å². The summed E-state index contributed by atoms with van der Waals surface area (Å²) >= 11 is 5.86. The molecule has 1 saturated heterocycles. The Balaban J connectivity index is 1.83. The van der Waals surface area contributed by atoms with Crippen LogP contribution in [0, 0.1) is 5.41 Å². The van der Waals surface area contributed by atoms with Gasteiger partial charge in [0.2, 0.25) is 0 Å². The van der Waals surface area contributed by atoms with Gasteiger partial charge in [-0.25, -0.2) is 0 Å². The summed E-state index contributed by atoms with van der Waals surface area (Å²) in [5.41, 5.74) is 1.38. The molecule has 0 aromatic heterocycles. The lowest BCUT2D eigenvalue weighted by Gasteiger charge is -2.38. The number of rotatable bonds is 4. The van der Waals surface area contributed by atoms with Crippen LogP contribution in [0.1, 0.15) is 44.8 Å². The van der Waals surface area contributed by atoms with E-state index in [1.54, 1.807) is 0 Å². The lowest BCUT2D eigenvalue weighted by Crippen LogP contribution is -2.40. The molecular formula is C16H24ClNO. The Labute approximate surface area is 121 Å². The van der Waals surface area contributed by atoms with Crippen molar-refractivity contribution in [1.29, 1.82) is 0 Å². The van der Waals surface area contributed by atoms with Crippen LogP contribution < -0.4 is 0 Å². The Hall–Kier alpha value is -0.570. The quantitative estimate of drug-likeness (QED) is 0.905. The fraction of sp³-hybridized carbons (Fsp3) is 0.625. The maximum atomic E-state index is 10.2. The monoisotopic (exact) mass is 281 g/mol. The van der Waals surface area contributed by atoms with E-state index in [0.717, 1.165) is 31.6 Å². The van der Waals surface area contributed by atoms with Gasteiger partial charge >= 0.3 is 0 Å². The third-order valence-electron chi connectivity index (χ3n) is 3.95. The molecule has 0 aliphatic carbocycles. The van der Waals surface area contributed by atoms with Crippen LogP contribution in [-0.4, -0.2) is 29.6 Å². The molecule has 2 rings (SSSR count). The number of aliphatic hydroxyl groups excluding tert-OH is 1. The topological polar surface area (TPSA) is 23.5 Å². The minimum atomic E-state index is -0.387. The molecule has 0 amide bonds. The van der Waals surface area contributed by atoms with Crippen LogP contribution in [0.15, 0.2) is 24.3 Å². The Kier molecular flexibility index (Phi) is 4.88. The van der Waals surface area contributed by atoms with Crippen molar-refractivity contribution in [3.8, 4) is 0 Å². The number of benzene rings is 1. The van der Waals surface area contributed by atoms with Gasteiger partial charge in [-0.3, -0.25) is 0 Å². The van der Waals surface area contributed by atoms with Crippen molar-refractivity contribution in [2.75, 3.05) is 19.6 Å². The standard InChI is InChI=1S/C16H24ClNO/c1-16(2)9-3-10-18(12-16)11-8-15(19)13-4-6-14(17)7-5-13/h4-7,15,19H,3,8-12H2,1-2H3. The summed E-state index contributed by atoms with van der Waals surface area (Å²) in [6, 6.07) is 7.49. The molecule has 1 aliphatic heterocycles. The van der Waals surface area contributed by atoms with Crippen molar-refractivity contribution >= 4 is 11.6 Å². The van der Waals surface area contributed by atoms with Gasteiger partial charge in [-0.15, -0.1) is 0 Å². The second kappa shape index (κ2) is 6.25. The van der Waals surface area contributed by atoms with Gasteiger partial charge in [0.1, 0.15) is 0 Å². The number of likely N-dealkylation sites (tertiary alicyclic amines) is 1. The Morgan fingerprint density at radius 1 is 1.32 bits per heavy atom. The van der Waals surface area contributed by atoms with E-state index in [2.05, 4.69) is 18.7 Å². The predicted octanol–water partition coefficient (Wildman–Crippen LogP) is 3.89. The highest BCUT2D eigenvalue weighted by Gasteiger charge is 2.26. The Morgan fingerprint density at radius 3 is 2.63 bits per heavy atom. The molecule has 0 spiro atoms. The average Bonchev–Trinajstić information content (AvgIpc) is 2.36. The van der Waals surface area contributed by atoms with Gasteiger partial charge in [0, 0.05) is 18.1 Å². The van der Waals surface area contributed by atoms with E-state index in [0.29, 0.717) is 10.4 Å². The molecule has 0 radical (unpaired) electrons. The summed E-state index contributed by atoms with van der Waals surface area (Å²) in [5.74, 6) is 0. The molecule has 1 heterocycles. The van der Waals surface area contributed by atoms with Gasteiger partial charge in [-0.05, 0) is 48.9 Å². The highest BCUT2D eigenvalue weighted by molar-refractivity contribution is 6.30. The van der Waals surface area contributed by atoms with E-state index in [4.69, 9.17) is 11.6 Å². The summed E-state index contributed by atoms with van der Waals surface area (Å²) < 4.78 is 0. The summed E-state index contributed by atoms with van der Waals surface area (Å²) in [5, 5.41) is 10.9. The van der Waals surface area contributed by atoms with Crippen molar-refractivity contribution in [2.24, 2.45) is 5.41 Å². The van der Waals surface area contributed by atoms with Gasteiger partial charge < -0.3 is 10.0 Å². The summed E-state index contributed by atoms with van der Waals surface area (Å²) in [6.45, 7) is 7.92. The normalized spacial score (nSPS) is 21.3. The lowest BCUT2D eigenvalue weighted by molar-refractivity contribution is 0.0899. The van der Waals surface area contributed by atoms with Crippen molar-refractivity contribution in [2.45, 2.75) is 39.2 Å². The molecular weight excluding hydrogens is 258 g/mol. The smallest absolute Gasteiger partial charge is 0.0802 e. The average molecular weight is 282 g/mol. The maximum absolute atomic E-state index is 10.2. The number of aliphatic hydroxyl groups is 1. The molecule has 3 heteroatoms. The van der Waals surface area contributed by atoms with Crippen molar-refractivity contribution < 1.29 is 5.11 Å². The van der Waals surface area contributed by atoms with E-state index in [1.165, 1.54) is 12.8 Å². The van der Waals surface area contributed by atoms with E-state index in [9.17, 15) is 5.11 Å². The third kappa shape index (κ3) is 4.48. The second-order valence-corrected chi connectivity index (χ2v) is 6.84. The third-order valence-corrected chi connectivity index (χ3v) is 4.21. The van der Waals surface area contributed by atoms with E-state index < -0.39 is 0 Å². The van der Waals surface area contributed by atoms with Crippen LogP contribution in [0.4, 0.5) is 0 Å². The number of piperidine rings is 1. The number of hydrogen-bond acceptors (Lipinski definition) is 2. The Bertz CT molecular complexity index is 402. The molecule has 1 aromatic carbocycles. The zero-order chi connectivity index (χ0) is 13.9. The summed E-state index contributed by atoms with van der Waals surface area (Å²) in [4.78, 5) is 2.47. The molecule has 19 heavy (non-hydrogen) atoms. The van der Waals surface area contributed by atoms with E-state index in [-0.39, 0.29) is 6.10 Å². The molecule has 0 bridgehead atoms. The van der Waals surface area contributed by atoms with Gasteiger partial charge in [0.15, 0.2) is 0 Å². The largest absolute Gasteiger partial charge is 0.388 e. The Morgan fingerprint density at radius 2 is 2.00 bits per heavy atom. The first-order valence-corrected chi connectivity index (χ1v) is 7.50. The molecule has 1 aromatic rings.